The van der Waals surface area contributed by atoms with E-state index in [1.165, 1.54) is 18.3 Å². The van der Waals surface area contributed by atoms with Crippen LogP contribution in [0.2, 0.25) is 0 Å². The molecule has 4 rings (SSSR count). The highest BCUT2D eigenvalue weighted by molar-refractivity contribution is 7.13. The van der Waals surface area contributed by atoms with Gasteiger partial charge in [0.05, 0.1) is 0 Å². The van der Waals surface area contributed by atoms with Gasteiger partial charge in [-0.3, -0.25) is 19.2 Å². The molecule has 2 aromatic rings. The number of hydrogen-bond donors (Lipinski definition) is 0. The maximum Gasteiger partial charge on any atom is 0.303 e. The summed E-state index contributed by atoms with van der Waals surface area (Å²) in [7, 11) is 0. The van der Waals surface area contributed by atoms with Crippen LogP contribution in [0.3, 0.4) is 0 Å². The Labute approximate surface area is 253 Å². The van der Waals surface area contributed by atoms with Crippen molar-refractivity contribution in [2.24, 2.45) is 0 Å². The third kappa shape index (κ3) is 8.09. The monoisotopic (exact) mass is 614 g/mol. The zero-order valence-electron chi connectivity index (χ0n) is 24.4. The van der Waals surface area contributed by atoms with Gasteiger partial charge in [0.25, 0.3) is 0 Å². The van der Waals surface area contributed by atoms with E-state index in [9.17, 15) is 24.4 Å². The van der Waals surface area contributed by atoms with Crippen molar-refractivity contribution >= 4 is 35.2 Å². The molecule has 2 aromatic heterocycles. The Morgan fingerprint density at radius 1 is 0.953 bits per heavy atom. The maximum absolute atomic E-state index is 12.2. The molecule has 0 amide bonds. The molecule has 0 bridgehead atoms. The maximum atomic E-state index is 12.2. The average molecular weight is 615 g/mol. The lowest BCUT2D eigenvalue weighted by atomic mass is 9.86. The van der Waals surface area contributed by atoms with Crippen molar-refractivity contribution in [3.63, 3.8) is 0 Å². The molecule has 0 aromatic carbocycles. The number of rotatable bonds is 9. The Morgan fingerprint density at radius 2 is 1.60 bits per heavy atom. The van der Waals surface area contributed by atoms with Gasteiger partial charge in [-0.25, -0.2) is 4.98 Å². The van der Waals surface area contributed by atoms with Gasteiger partial charge < -0.3 is 28.4 Å². The molecule has 0 spiro atoms. The Bertz CT molecular complexity index is 1370. The molecule has 2 aliphatic rings. The molecule has 1 aliphatic heterocycles. The van der Waals surface area contributed by atoms with E-state index in [2.05, 4.69) is 6.07 Å². The number of nitriles is 1. The van der Waals surface area contributed by atoms with Crippen molar-refractivity contribution in [1.29, 1.82) is 5.26 Å². The van der Waals surface area contributed by atoms with E-state index in [4.69, 9.17) is 33.4 Å². The van der Waals surface area contributed by atoms with E-state index in [0.29, 0.717) is 5.56 Å². The Balaban J connectivity index is 1.82. The third-order valence-electron chi connectivity index (χ3n) is 7.10. The van der Waals surface area contributed by atoms with Crippen LogP contribution in [0, 0.1) is 11.3 Å². The minimum absolute atomic E-state index is 0.0603. The molecule has 5 atom stereocenters. The second kappa shape index (κ2) is 14.4. The molecule has 13 heteroatoms. The van der Waals surface area contributed by atoms with Crippen LogP contribution in [-0.2, 0) is 42.9 Å². The predicted molar refractivity (Wildman–Crippen MR) is 151 cm³/mol. The highest BCUT2D eigenvalue weighted by Crippen LogP contribution is 2.40. The first-order valence-corrected chi connectivity index (χ1v) is 14.9. The van der Waals surface area contributed by atoms with Crippen LogP contribution in [0.1, 0.15) is 77.0 Å². The molecular weight excluding hydrogens is 580 g/mol. The van der Waals surface area contributed by atoms with Crippen LogP contribution in [0.25, 0.3) is 10.4 Å². The smallest absolute Gasteiger partial charge is 0.303 e. The number of hydrogen-bond acceptors (Lipinski definition) is 13. The van der Waals surface area contributed by atoms with Crippen molar-refractivity contribution in [1.82, 2.24) is 4.98 Å². The number of ether oxygens (including phenoxy) is 6. The van der Waals surface area contributed by atoms with E-state index in [1.54, 1.807) is 0 Å². The fourth-order valence-electron chi connectivity index (χ4n) is 5.36. The van der Waals surface area contributed by atoms with Gasteiger partial charge in [0.15, 0.2) is 12.2 Å². The summed E-state index contributed by atoms with van der Waals surface area (Å²) in [4.78, 5) is 53.7. The average Bonchev–Trinajstić information content (AvgIpc) is 3.49. The topological polar surface area (TPSA) is 160 Å². The molecule has 2 fully saturated rings. The summed E-state index contributed by atoms with van der Waals surface area (Å²) < 4.78 is 34.0. The van der Waals surface area contributed by atoms with Crippen LogP contribution in [0.15, 0.2) is 23.6 Å². The summed E-state index contributed by atoms with van der Waals surface area (Å²) in [6.45, 7) is 4.21. The molecule has 1 saturated carbocycles. The van der Waals surface area contributed by atoms with E-state index >= 15 is 0 Å². The lowest BCUT2D eigenvalue weighted by Gasteiger charge is -2.43. The third-order valence-corrected chi connectivity index (χ3v) is 8.01. The number of nitrogens with zero attached hydrogens (tertiary/aromatic N) is 2. The molecule has 1 saturated heterocycles. The molecule has 12 nitrogen and oxygen atoms in total. The van der Waals surface area contributed by atoms with Gasteiger partial charge in [0.1, 0.15) is 24.3 Å². The molecule has 0 N–H and O–H groups in total. The minimum atomic E-state index is -1.50. The largest absolute Gasteiger partial charge is 0.463 e. The number of esters is 4. The standard InChI is InChI=1S/C30H34N2O10S/c1-16(33)37-15-24-26(38-17(2)34)27(39-18(3)35)28(40-19(4)36)30(41-24)42-29-22(14-31)21(25-11-8-12-43-25)13-23(32-29)20-9-6-5-7-10-20/h8,11-13,20,24,26-28,30H,5-7,9-10,15H2,1-4H3/t24-,26-,27+,28-,30+/m1/s1. The predicted octanol–water partition coefficient (Wildman–Crippen LogP) is 4.19. The van der Waals surface area contributed by atoms with Gasteiger partial charge in [-0.1, -0.05) is 25.3 Å². The lowest BCUT2D eigenvalue weighted by Crippen LogP contribution is -2.63. The second-order valence-electron chi connectivity index (χ2n) is 10.4. The van der Waals surface area contributed by atoms with Crippen molar-refractivity contribution in [3.8, 4) is 22.4 Å². The molecule has 43 heavy (non-hydrogen) atoms. The zero-order chi connectivity index (χ0) is 31.1. The van der Waals surface area contributed by atoms with Gasteiger partial charge in [0, 0.05) is 49.7 Å². The van der Waals surface area contributed by atoms with E-state index in [1.807, 2.05) is 23.6 Å². The number of carbonyl (C=O) groups is 4. The van der Waals surface area contributed by atoms with Crippen LogP contribution in [0.4, 0.5) is 0 Å². The van der Waals surface area contributed by atoms with Gasteiger partial charge in [-0.15, -0.1) is 11.3 Å². The van der Waals surface area contributed by atoms with Crippen LogP contribution in [0.5, 0.6) is 5.88 Å². The summed E-state index contributed by atoms with van der Waals surface area (Å²) in [5.41, 5.74) is 1.52. The molecule has 1 aliphatic carbocycles. The highest BCUT2D eigenvalue weighted by atomic mass is 32.1. The van der Waals surface area contributed by atoms with Crippen molar-refractivity contribution in [3.05, 3.63) is 34.8 Å². The van der Waals surface area contributed by atoms with Gasteiger partial charge in [-0.05, 0) is 30.4 Å². The van der Waals surface area contributed by atoms with Crippen LogP contribution >= 0.6 is 11.3 Å². The quantitative estimate of drug-likeness (QED) is 0.293. The zero-order valence-corrected chi connectivity index (χ0v) is 25.2. The second-order valence-corrected chi connectivity index (χ2v) is 11.3. The number of carbonyl (C=O) groups excluding carboxylic acids is 4. The van der Waals surface area contributed by atoms with Gasteiger partial charge in [-0.2, -0.15) is 5.26 Å². The highest BCUT2D eigenvalue weighted by Gasteiger charge is 2.53. The first-order valence-electron chi connectivity index (χ1n) is 14.0. The summed E-state index contributed by atoms with van der Waals surface area (Å²) in [6, 6.07) is 7.88. The number of thiophene rings is 1. The molecule has 0 radical (unpaired) electrons. The number of aromatic nitrogens is 1. The fraction of sp³-hybridized carbons (Fsp3) is 0.533. The van der Waals surface area contributed by atoms with Gasteiger partial charge >= 0.3 is 23.9 Å². The summed E-state index contributed by atoms with van der Waals surface area (Å²) in [5.74, 6) is -2.81. The summed E-state index contributed by atoms with van der Waals surface area (Å²) in [5, 5.41) is 12.2. The van der Waals surface area contributed by atoms with E-state index in [0.717, 1.165) is 63.4 Å². The normalized spacial score (nSPS) is 23.8. The minimum Gasteiger partial charge on any atom is -0.463 e. The van der Waals surface area contributed by atoms with Crippen molar-refractivity contribution in [2.75, 3.05) is 6.61 Å². The fourth-order valence-corrected chi connectivity index (χ4v) is 6.11. The Kier molecular flexibility index (Phi) is 10.7. The Morgan fingerprint density at radius 3 is 2.19 bits per heavy atom. The molecule has 0 unspecified atom stereocenters. The van der Waals surface area contributed by atoms with Crippen LogP contribution in [-0.4, -0.2) is 66.2 Å². The summed E-state index contributed by atoms with van der Waals surface area (Å²) >= 11 is 1.46. The molecule has 230 valence electrons. The first kappa shape index (κ1) is 31.9. The van der Waals surface area contributed by atoms with E-state index in [-0.39, 0.29) is 17.4 Å². The van der Waals surface area contributed by atoms with Crippen molar-refractivity contribution < 1.29 is 47.6 Å². The molecule has 3 heterocycles. The van der Waals surface area contributed by atoms with Crippen molar-refractivity contribution in [2.45, 2.75) is 96.4 Å². The van der Waals surface area contributed by atoms with Crippen LogP contribution < -0.4 is 4.74 Å². The molecular formula is C30H34N2O10S. The van der Waals surface area contributed by atoms with Gasteiger partial charge in [0.2, 0.25) is 18.3 Å². The lowest BCUT2D eigenvalue weighted by molar-refractivity contribution is -0.289. The number of pyridine rings is 1. The first-order chi connectivity index (χ1) is 20.6. The summed E-state index contributed by atoms with van der Waals surface area (Å²) in [6.07, 6.45) is -1.78. The SMILES string of the molecule is CC(=O)OC[C@H]1O[C@@H](Oc2nc(C3CCCCC3)cc(-c3cccs3)c2C#N)[C@H](OC(C)=O)[C@@H](OC(C)=O)[C@@H]1OC(C)=O. The van der Waals surface area contributed by atoms with E-state index < -0.39 is 61.2 Å². The Hall–Kier alpha value is -4.02.